The lowest BCUT2D eigenvalue weighted by atomic mass is 9.92. The third kappa shape index (κ3) is 4.57. The fourth-order valence-electron chi connectivity index (χ4n) is 5.07. The summed E-state index contributed by atoms with van der Waals surface area (Å²) < 4.78 is 0. The van der Waals surface area contributed by atoms with Crippen LogP contribution >= 0.6 is 0 Å². The number of piperidine rings is 2. The first-order valence-corrected chi connectivity index (χ1v) is 11.2. The molecule has 154 valence electrons. The minimum Gasteiger partial charge on any atom is -0.350 e. The van der Waals surface area contributed by atoms with Gasteiger partial charge in [-0.2, -0.15) is 0 Å². The zero-order valence-corrected chi connectivity index (χ0v) is 17.6. The molecule has 1 saturated carbocycles. The molecule has 0 radical (unpaired) electrons. The van der Waals surface area contributed by atoms with Crippen LogP contribution in [0.15, 0.2) is 24.5 Å². The van der Waals surface area contributed by atoms with E-state index in [0.29, 0.717) is 17.9 Å². The summed E-state index contributed by atoms with van der Waals surface area (Å²) in [6.07, 6.45) is 10.7. The van der Waals surface area contributed by atoms with Crippen LogP contribution in [0.25, 0.3) is 0 Å². The number of nitrogens with one attached hydrogen (secondary N) is 1. The number of hydrogen-bond donors (Lipinski definition) is 1. The van der Waals surface area contributed by atoms with E-state index >= 15 is 0 Å². The van der Waals surface area contributed by atoms with Crippen LogP contribution in [0.3, 0.4) is 0 Å². The van der Waals surface area contributed by atoms with Crippen molar-refractivity contribution in [3.63, 3.8) is 0 Å². The Morgan fingerprint density at radius 3 is 2.54 bits per heavy atom. The second-order valence-electron chi connectivity index (χ2n) is 9.50. The van der Waals surface area contributed by atoms with Crippen LogP contribution in [0.4, 0.5) is 0 Å². The summed E-state index contributed by atoms with van der Waals surface area (Å²) in [7, 11) is 0. The van der Waals surface area contributed by atoms with Gasteiger partial charge in [0.25, 0.3) is 0 Å². The highest BCUT2D eigenvalue weighted by atomic mass is 16.2. The molecule has 1 amide bonds. The number of carbonyl (C=O) groups is 1. The van der Waals surface area contributed by atoms with Crippen molar-refractivity contribution in [1.29, 1.82) is 0 Å². The van der Waals surface area contributed by atoms with Crippen molar-refractivity contribution in [1.82, 2.24) is 20.1 Å². The molecule has 1 aromatic rings. The van der Waals surface area contributed by atoms with Crippen LogP contribution in [0.2, 0.25) is 0 Å². The molecule has 3 aliphatic rings. The number of carbonyl (C=O) groups excluding carboxylic acids is 1. The first-order chi connectivity index (χ1) is 13.6. The van der Waals surface area contributed by atoms with Crippen LogP contribution in [-0.2, 0) is 11.3 Å². The maximum atomic E-state index is 12.9. The second kappa shape index (κ2) is 8.50. The number of pyridine rings is 1. The molecule has 3 fully saturated rings. The van der Waals surface area contributed by atoms with E-state index in [1.54, 1.807) is 0 Å². The molecule has 2 aliphatic heterocycles. The topological polar surface area (TPSA) is 48.5 Å². The highest BCUT2D eigenvalue weighted by Crippen LogP contribution is 2.42. The molecule has 1 N–H and O–H groups in total. The molecule has 1 aliphatic carbocycles. The molecule has 2 saturated heterocycles. The Labute approximate surface area is 169 Å². The van der Waals surface area contributed by atoms with Crippen molar-refractivity contribution in [2.45, 2.75) is 70.5 Å². The third-order valence-corrected chi connectivity index (χ3v) is 7.32. The molecule has 1 atom stereocenters. The average Bonchev–Trinajstić information content (AvgIpc) is 3.50. The Kier molecular flexibility index (Phi) is 6.02. The normalized spacial score (nSPS) is 26.3. The van der Waals surface area contributed by atoms with Gasteiger partial charge in [0, 0.05) is 37.1 Å². The predicted molar refractivity (Wildman–Crippen MR) is 112 cm³/mol. The maximum absolute atomic E-state index is 12.9. The number of rotatable bonds is 6. The van der Waals surface area contributed by atoms with Crippen molar-refractivity contribution in [2.75, 3.05) is 26.2 Å². The first kappa shape index (κ1) is 19.8. The van der Waals surface area contributed by atoms with Crippen LogP contribution in [-0.4, -0.2) is 58.5 Å². The monoisotopic (exact) mass is 384 g/mol. The first-order valence-electron chi connectivity index (χ1n) is 11.2. The molecular formula is C23H36N4O. The Bertz CT molecular complexity index is 650. The van der Waals surface area contributed by atoms with Crippen molar-refractivity contribution in [2.24, 2.45) is 11.8 Å². The summed E-state index contributed by atoms with van der Waals surface area (Å²) in [4.78, 5) is 22.2. The maximum Gasteiger partial charge on any atom is 0.224 e. The van der Waals surface area contributed by atoms with Crippen LogP contribution in [0.5, 0.6) is 0 Å². The molecule has 5 nitrogen and oxygen atoms in total. The van der Waals surface area contributed by atoms with Gasteiger partial charge in [0.2, 0.25) is 5.91 Å². The van der Waals surface area contributed by atoms with Gasteiger partial charge in [-0.25, -0.2) is 0 Å². The van der Waals surface area contributed by atoms with E-state index in [1.807, 2.05) is 12.4 Å². The van der Waals surface area contributed by atoms with Crippen molar-refractivity contribution in [3.05, 3.63) is 30.1 Å². The number of aromatic nitrogens is 1. The number of amides is 1. The van der Waals surface area contributed by atoms with Gasteiger partial charge >= 0.3 is 0 Å². The number of nitrogens with zero attached hydrogens (tertiary/aromatic N) is 3. The average molecular weight is 385 g/mol. The lowest BCUT2D eigenvalue weighted by Gasteiger charge is -2.42. The molecule has 1 aromatic heterocycles. The molecule has 0 unspecified atom stereocenters. The largest absolute Gasteiger partial charge is 0.350 e. The van der Waals surface area contributed by atoms with E-state index in [-0.39, 0.29) is 11.5 Å². The highest BCUT2D eigenvalue weighted by molar-refractivity contribution is 5.80. The minimum atomic E-state index is 0.109. The Balaban J connectivity index is 1.25. The van der Waals surface area contributed by atoms with Gasteiger partial charge in [-0.3, -0.25) is 19.6 Å². The van der Waals surface area contributed by atoms with E-state index in [1.165, 1.54) is 18.4 Å². The van der Waals surface area contributed by atoms with Gasteiger partial charge in [-0.1, -0.05) is 13.8 Å². The summed E-state index contributed by atoms with van der Waals surface area (Å²) in [5.74, 6) is 1.03. The minimum absolute atomic E-state index is 0.109. The van der Waals surface area contributed by atoms with Gasteiger partial charge in [0.1, 0.15) is 0 Å². The third-order valence-electron chi connectivity index (χ3n) is 7.32. The Hall–Kier alpha value is -1.46. The zero-order valence-electron chi connectivity index (χ0n) is 17.6. The quantitative estimate of drug-likeness (QED) is 0.819. The molecule has 5 heteroatoms. The SMILES string of the molecule is CC(C)C1(NC(=O)[C@@H]2CCCN(C3CCN(Cc4ccncc4)CC3)C2)CC1. The Morgan fingerprint density at radius 1 is 1.18 bits per heavy atom. The summed E-state index contributed by atoms with van der Waals surface area (Å²) >= 11 is 0. The fraction of sp³-hybridized carbons (Fsp3) is 0.739. The number of hydrogen-bond acceptors (Lipinski definition) is 4. The summed E-state index contributed by atoms with van der Waals surface area (Å²) in [5.41, 5.74) is 1.46. The van der Waals surface area contributed by atoms with Gasteiger partial charge < -0.3 is 5.32 Å². The van der Waals surface area contributed by atoms with Crippen molar-refractivity contribution < 1.29 is 4.79 Å². The summed E-state index contributed by atoms with van der Waals surface area (Å²) in [6, 6.07) is 4.87. The lowest BCUT2D eigenvalue weighted by molar-refractivity contribution is -0.128. The van der Waals surface area contributed by atoms with E-state index in [2.05, 4.69) is 46.1 Å². The van der Waals surface area contributed by atoms with Crippen LogP contribution in [0, 0.1) is 11.8 Å². The van der Waals surface area contributed by atoms with Gasteiger partial charge in [-0.15, -0.1) is 0 Å². The van der Waals surface area contributed by atoms with E-state index in [9.17, 15) is 4.79 Å². The molecule has 0 spiro atoms. The smallest absolute Gasteiger partial charge is 0.224 e. The lowest BCUT2D eigenvalue weighted by Crippen LogP contribution is -2.52. The molecule has 4 rings (SSSR count). The van der Waals surface area contributed by atoms with Crippen molar-refractivity contribution in [3.8, 4) is 0 Å². The molecule has 28 heavy (non-hydrogen) atoms. The van der Waals surface area contributed by atoms with E-state index < -0.39 is 0 Å². The van der Waals surface area contributed by atoms with Crippen molar-refractivity contribution >= 4 is 5.91 Å². The zero-order chi connectivity index (χ0) is 19.6. The van der Waals surface area contributed by atoms with E-state index in [4.69, 9.17) is 0 Å². The highest BCUT2D eigenvalue weighted by Gasteiger charge is 2.47. The number of likely N-dealkylation sites (tertiary alicyclic amines) is 2. The summed E-state index contributed by atoms with van der Waals surface area (Å²) in [5, 5.41) is 3.42. The van der Waals surface area contributed by atoms with Crippen LogP contribution < -0.4 is 5.32 Å². The fourth-order valence-corrected chi connectivity index (χ4v) is 5.07. The molecule has 3 heterocycles. The molecule has 0 aromatic carbocycles. The molecule has 0 bridgehead atoms. The molecular weight excluding hydrogens is 348 g/mol. The Morgan fingerprint density at radius 2 is 1.89 bits per heavy atom. The standard InChI is InChI=1S/C23H36N4O/c1-18(2)23(9-10-23)25-22(28)20-4-3-13-27(17-20)21-7-14-26(15-8-21)16-19-5-11-24-12-6-19/h5-6,11-12,18,20-21H,3-4,7-10,13-17H2,1-2H3,(H,25,28)/t20-/m1/s1. The predicted octanol–water partition coefficient (Wildman–Crippen LogP) is 3.06. The van der Waals surface area contributed by atoms with Gasteiger partial charge in [0.15, 0.2) is 0 Å². The summed E-state index contributed by atoms with van der Waals surface area (Å²) in [6.45, 7) is 9.91. The van der Waals surface area contributed by atoms with Gasteiger partial charge in [0.05, 0.1) is 5.92 Å². The van der Waals surface area contributed by atoms with E-state index in [0.717, 1.165) is 58.4 Å². The van der Waals surface area contributed by atoms with Gasteiger partial charge in [-0.05, 0) is 81.8 Å². The van der Waals surface area contributed by atoms with Crippen LogP contribution in [0.1, 0.15) is 57.9 Å². The second-order valence-corrected chi connectivity index (χ2v) is 9.50.